The topological polar surface area (TPSA) is 132 Å². The number of primary amides is 1. The van der Waals surface area contributed by atoms with Crippen molar-refractivity contribution in [2.45, 2.75) is 12.6 Å². The molecule has 0 spiro atoms. The molecule has 0 bridgehead atoms. The van der Waals surface area contributed by atoms with Gasteiger partial charge in [-0.1, -0.05) is 6.07 Å². The first-order valence-electron chi connectivity index (χ1n) is 8.20. The molecule has 0 saturated carbocycles. The van der Waals surface area contributed by atoms with Crippen molar-refractivity contribution in [2.24, 2.45) is 12.8 Å². The number of nitrogens with two attached hydrogens (primary N) is 1. The summed E-state index contributed by atoms with van der Waals surface area (Å²) in [5, 5.41) is 16.4. The number of ether oxygens (including phenoxy) is 1. The van der Waals surface area contributed by atoms with E-state index in [4.69, 9.17) is 10.5 Å². The number of aryl methyl sites for hydroxylation is 1. The number of hydrogen-bond donors (Lipinski definition) is 3. The number of hydrogen-bond acceptors (Lipinski definition) is 6. The Labute approximate surface area is 154 Å². The lowest BCUT2D eigenvalue weighted by atomic mass is 10.1. The number of aliphatic hydroxyl groups is 1. The number of benzene rings is 1. The molecule has 0 saturated heterocycles. The third-order valence-electron chi connectivity index (χ3n) is 3.96. The summed E-state index contributed by atoms with van der Waals surface area (Å²) in [4.78, 5) is 28.0. The van der Waals surface area contributed by atoms with E-state index in [2.05, 4.69) is 15.4 Å². The summed E-state index contributed by atoms with van der Waals surface area (Å²) in [6.45, 7) is -0.308. The van der Waals surface area contributed by atoms with Gasteiger partial charge in [-0.05, 0) is 30.3 Å². The molecule has 0 aliphatic carbocycles. The molecule has 2 amide bonds. The molecule has 3 rings (SSSR count). The molecule has 0 aliphatic heterocycles. The van der Waals surface area contributed by atoms with Crippen LogP contribution in [0.2, 0.25) is 0 Å². The molecule has 0 fully saturated rings. The zero-order chi connectivity index (χ0) is 19.4. The fraction of sp³-hybridized carbons (Fsp3) is 0.222. The molecule has 1 aromatic carbocycles. The molecule has 0 radical (unpaired) electrons. The van der Waals surface area contributed by atoms with Gasteiger partial charge < -0.3 is 20.9 Å². The Bertz CT molecular complexity index is 971. The minimum absolute atomic E-state index is 0.230. The Hall–Kier alpha value is -3.46. The van der Waals surface area contributed by atoms with Crippen LogP contribution in [0.1, 0.15) is 16.2 Å². The van der Waals surface area contributed by atoms with Crippen molar-refractivity contribution in [3.63, 3.8) is 0 Å². The van der Waals surface area contributed by atoms with Crippen LogP contribution in [0.4, 0.5) is 0 Å². The highest BCUT2D eigenvalue weighted by molar-refractivity contribution is 6.06. The average Bonchev–Trinajstić information content (AvgIpc) is 3.00. The Morgan fingerprint density at radius 1 is 1.33 bits per heavy atom. The van der Waals surface area contributed by atoms with Gasteiger partial charge in [-0.25, -0.2) is 0 Å². The zero-order valence-electron chi connectivity index (χ0n) is 14.6. The smallest absolute Gasteiger partial charge is 0.270 e. The van der Waals surface area contributed by atoms with E-state index in [1.807, 2.05) is 18.2 Å². The zero-order valence-corrected chi connectivity index (χ0v) is 14.6. The first kappa shape index (κ1) is 18.3. The van der Waals surface area contributed by atoms with Crippen molar-refractivity contribution in [3.05, 3.63) is 54.0 Å². The van der Waals surface area contributed by atoms with Crippen LogP contribution in [0, 0.1) is 0 Å². The van der Waals surface area contributed by atoms with Crippen LogP contribution in [0.5, 0.6) is 5.75 Å². The molecule has 1 atom stereocenters. The number of nitrogens with zero attached hydrogens (tertiary/aromatic N) is 3. The second-order valence-corrected chi connectivity index (χ2v) is 5.87. The van der Waals surface area contributed by atoms with E-state index < -0.39 is 24.5 Å². The lowest BCUT2D eigenvalue weighted by Gasteiger charge is -2.13. The molecule has 3 aromatic rings. The molecule has 0 unspecified atom stereocenters. The average molecular weight is 369 g/mol. The van der Waals surface area contributed by atoms with Gasteiger partial charge in [0.05, 0.1) is 17.8 Å². The Kier molecular flexibility index (Phi) is 5.32. The maximum absolute atomic E-state index is 12.6. The highest BCUT2D eigenvalue weighted by Crippen LogP contribution is 2.24. The normalized spacial score (nSPS) is 11.9. The van der Waals surface area contributed by atoms with E-state index in [0.29, 0.717) is 16.7 Å². The molecule has 2 aromatic heterocycles. The van der Waals surface area contributed by atoms with Gasteiger partial charge in [-0.2, -0.15) is 5.10 Å². The molecule has 2 heterocycles. The Morgan fingerprint density at radius 2 is 2.15 bits per heavy atom. The Morgan fingerprint density at radius 3 is 2.81 bits per heavy atom. The Balaban J connectivity index is 1.86. The molecule has 4 N–H and O–H groups in total. The van der Waals surface area contributed by atoms with Crippen molar-refractivity contribution < 1.29 is 19.4 Å². The van der Waals surface area contributed by atoms with Crippen molar-refractivity contribution >= 4 is 22.7 Å². The van der Waals surface area contributed by atoms with Crippen molar-refractivity contribution in [2.75, 3.05) is 6.61 Å². The maximum Gasteiger partial charge on any atom is 0.270 e. The number of fused-ring (bicyclic) bond motifs is 1. The lowest BCUT2D eigenvalue weighted by molar-refractivity contribution is -0.120. The highest BCUT2D eigenvalue weighted by Gasteiger charge is 2.22. The van der Waals surface area contributed by atoms with Gasteiger partial charge in [0, 0.05) is 18.6 Å². The van der Waals surface area contributed by atoms with E-state index in [1.54, 1.807) is 31.4 Å². The molecule has 27 heavy (non-hydrogen) atoms. The van der Waals surface area contributed by atoms with Crippen LogP contribution in [-0.2, 0) is 18.4 Å². The van der Waals surface area contributed by atoms with Gasteiger partial charge in [0.2, 0.25) is 5.91 Å². The first-order valence-corrected chi connectivity index (χ1v) is 8.20. The van der Waals surface area contributed by atoms with Crippen LogP contribution < -0.4 is 15.8 Å². The van der Waals surface area contributed by atoms with Crippen molar-refractivity contribution in [1.29, 1.82) is 0 Å². The van der Waals surface area contributed by atoms with Crippen LogP contribution in [0.15, 0.2) is 42.6 Å². The van der Waals surface area contributed by atoms with Gasteiger partial charge in [-0.15, -0.1) is 0 Å². The van der Waals surface area contributed by atoms with Crippen molar-refractivity contribution in [1.82, 2.24) is 20.1 Å². The number of rotatable bonds is 7. The van der Waals surface area contributed by atoms with E-state index in [-0.39, 0.29) is 12.3 Å². The third kappa shape index (κ3) is 4.04. The molecule has 0 aliphatic rings. The van der Waals surface area contributed by atoms with Crippen LogP contribution in [-0.4, -0.2) is 44.3 Å². The van der Waals surface area contributed by atoms with Crippen LogP contribution >= 0.6 is 0 Å². The minimum Gasteiger partial charge on any atom is -0.487 e. The van der Waals surface area contributed by atoms with Gasteiger partial charge in [0.15, 0.2) is 0 Å². The SMILES string of the molecule is Cn1nc2ccc(OCc3ccccn3)cc2c1C(=O)N[C@H](CO)C(N)=O. The first-order chi connectivity index (χ1) is 13.0. The number of aromatic nitrogens is 3. The van der Waals surface area contributed by atoms with Gasteiger partial charge in [0.25, 0.3) is 5.91 Å². The second-order valence-electron chi connectivity index (χ2n) is 5.87. The molecule has 9 heteroatoms. The summed E-state index contributed by atoms with van der Waals surface area (Å²) in [6, 6.07) is 9.54. The fourth-order valence-corrected chi connectivity index (χ4v) is 2.61. The standard InChI is InChI=1S/C18H19N5O4/c1-23-16(18(26)21-15(9-24)17(19)25)13-8-12(5-6-14(13)22-23)27-10-11-4-2-3-7-20-11/h2-8,15,24H,9-10H2,1H3,(H2,19,25)(H,21,26)/t15-/m1/s1. The summed E-state index contributed by atoms with van der Waals surface area (Å²) in [6.07, 6.45) is 1.68. The third-order valence-corrected chi connectivity index (χ3v) is 3.96. The summed E-state index contributed by atoms with van der Waals surface area (Å²) in [5.41, 5.74) is 6.75. The predicted octanol–water partition coefficient (Wildman–Crippen LogP) is 0.123. The van der Waals surface area contributed by atoms with E-state index >= 15 is 0 Å². The minimum atomic E-state index is -1.17. The van der Waals surface area contributed by atoms with Gasteiger partial charge in [0.1, 0.15) is 24.1 Å². The van der Waals surface area contributed by atoms with Crippen LogP contribution in [0.3, 0.4) is 0 Å². The number of carbonyl (C=O) groups excluding carboxylic acids is 2. The van der Waals surface area contributed by atoms with Gasteiger partial charge in [-0.3, -0.25) is 19.3 Å². The molecule has 140 valence electrons. The van der Waals surface area contributed by atoms with E-state index in [0.717, 1.165) is 5.69 Å². The summed E-state index contributed by atoms with van der Waals surface area (Å²) in [7, 11) is 1.61. The molecular weight excluding hydrogens is 350 g/mol. The van der Waals surface area contributed by atoms with E-state index in [9.17, 15) is 14.7 Å². The fourth-order valence-electron chi connectivity index (χ4n) is 2.61. The molecule has 9 nitrogen and oxygen atoms in total. The number of amides is 2. The summed E-state index contributed by atoms with van der Waals surface area (Å²) in [5.74, 6) is -0.847. The number of nitrogens with one attached hydrogen (secondary N) is 1. The number of pyridine rings is 1. The van der Waals surface area contributed by atoms with Crippen molar-refractivity contribution in [3.8, 4) is 5.75 Å². The second kappa shape index (κ2) is 7.83. The van der Waals surface area contributed by atoms with E-state index in [1.165, 1.54) is 4.68 Å². The quantitative estimate of drug-likeness (QED) is 0.542. The molecular formula is C18H19N5O4. The monoisotopic (exact) mass is 369 g/mol. The summed E-state index contributed by atoms with van der Waals surface area (Å²) >= 11 is 0. The highest BCUT2D eigenvalue weighted by atomic mass is 16.5. The predicted molar refractivity (Wildman–Crippen MR) is 96.8 cm³/mol. The lowest BCUT2D eigenvalue weighted by Crippen LogP contribution is -2.47. The number of carbonyl (C=O) groups is 2. The summed E-state index contributed by atoms with van der Waals surface area (Å²) < 4.78 is 7.14. The largest absolute Gasteiger partial charge is 0.487 e. The van der Waals surface area contributed by atoms with Gasteiger partial charge >= 0.3 is 0 Å². The maximum atomic E-state index is 12.6. The number of aliphatic hydroxyl groups excluding tert-OH is 1. The van der Waals surface area contributed by atoms with Crippen LogP contribution in [0.25, 0.3) is 10.9 Å².